The van der Waals surface area contributed by atoms with E-state index in [1.807, 2.05) is 0 Å². The van der Waals surface area contributed by atoms with Crippen molar-refractivity contribution >= 4 is 28.1 Å². The number of amidine groups is 1. The molecule has 0 bridgehead atoms. The predicted molar refractivity (Wildman–Crippen MR) is 57.8 cm³/mol. The zero-order valence-corrected chi connectivity index (χ0v) is 8.58. The lowest BCUT2D eigenvalue weighted by Gasteiger charge is -2.00. The molecule has 1 aliphatic rings. The van der Waals surface area contributed by atoms with Crippen LogP contribution in [0.4, 0.5) is 0 Å². The van der Waals surface area contributed by atoms with Gasteiger partial charge >= 0.3 is 0 Å². The number of thioether (sulfide) groups is 1. The normalized spacial score (nSPS) is 15.3. The van der Waals surface area contributed by atoms with E-state index >= 15 is 0 Å². The van der Waals surface area contributed by atoms with Gasteiger partial charge in [-0.1, -0.05) is 0 Å². The van der Waals surface area contributed by atoms with Crippen molar-refractivity contribution in [3.05, 3.63) is 12.7 Å². The summed E-state index contributed by atoms with van der Waals surface area (Å²) in [4.78, 5) is 19.7. The maximum absolute atomic E-state index is 4.29. The van der Waals surface area contributed by atoms with E-state index in [0.29, 0.717) is 0 Å². The summed E-state index contributed by atoms with van der Waals surface area (Å²) in [7, 11) is 0. The van der Waals surface area contributed by atoms with E-state index in [0.717, 1.165) is 34.4 Å². The minimum absolute atomic E-state index is 0.756. The molecule has 0 amide bonds. The quantitative estimate of drug-likeness (QED) is 0.680. The third-order valence-corrected chi connectivity index (χ3v) is 2.98. The number of nitrogens with one attached hydrogen (secondary N) is 2. The summed E-state index contributed by atoms with van der Waals surface area (Å²) < 4.78 is 0. The number of aromatic nitrogens is 4. The van der Waals surface area contributed by atoms with Crippen molar-refractivity contribution in [3.8, 4) is 0 Å². The molecule has 0 spiro atoms. The fourth-order valence-electron chi connectivity index (χ4n) is 1.35. The average Bonchev–Trinajstić information content (AvgIpc) is 2.87. The predicted octanol–water partition coefficient (Wildman–Crippen LogP) is 0.404. The van der Waals surface area contributed by atoms with Gasteiger partial charge in [0.15, 0.2) is 10.8 Å². The Morgan fingerprint density at radius 1 is 1.27 bits per heavy atom. The molecular weight excluding hydrogens is 212 g/mol. The van der Waals surface area contributed by atoms with Gasteiger partial charge in [0.05, 0.1) is 12.9 Å². The lowest BCUT2D eigenvalue weighted by molar-refractivity contribution is 0.963. The van der Waals surface area contributed by atoms with Crippen LogP contribution in [0.5, 0.6) is 0 Å². The molecule has 76 valence electrons. The molecule has 7 heteroatoms. The number of nitrogens with zero attached hydrogens (tertiary/aromatic N) is 4. The second-order valence-corrected chi connectivity index (χ2v) is 3.97. The van der Waals surface area contributed by atoms with Gasteiger partial charge in [0.25, 0.3) is 0 Å². The van der Waals surface area contributed by atoms with Gasteiger partial charge in [0, 0.05) is 6.54 Å². The smallest absolute Gasteiger partial charge is 0.163 e. The summed E-state index contributed by atoms with van der Waals surface area (Å²) in [5, 5.41) is 4.91. The van der Waals surface area contributed by atoms with Crippen molar-refractivity contribution in [2.75, 3.05) is 13.1 Å². The third kappa shape index (κ3) is 1.54. The lowest BCUT2D eigenvalue weighted by Crippen LogP contribution is -2.15. The Balaban J connectivity index is 1.99. The Kier molecular flexibility index (Phi) is 2.02. The molecule has 0 fully saturated rings. The summed E-state index contributed by atoms with van der Waals surface area (Å²) in [5.41, 5.74) is 1.55. The van der Waals surface area contributed by atoms with Crippen LogP contribution in [0.25, 0.3) is 11.2 Å². The maximum atomic E-state index is 4.29. The molecule has 0 atom stereocenters. The molecule has 0 saturated heterocycles. The van der Waals surface area contributed by atoms with E-state index in [1.165, 1.54) is 18.1 Å². The van der Waals surface area contributed by atoms with Crippen molar-refractivity contribution in [1.82, 2.24) is 25.3 Å². The van der Waals surface area contributed by atoms with Crippen LogP contribution in [-0.2, 0) is 0 Å². The average molecular weight is 220 g/mol. The zero-order chi connectivity index (χ0) is 10.1. The molecule has 2 aromatic rings. The highest BCUT2D eigenvalue weighted by Crippen LogP contribution is 2.22. The highest BCUT2D eigenvalue weighted by Gasteiger charge is 2.12. The number of fused-ring (bicyclic) bond motifs is 1. The van der Waals surface area contributed by atoms with Crippen molar-refractivity contribution in [1.29, 1.82) is 0 Å². The Morgan fingerprint density at radius 3 is 3.13 bits per heavy atom. The second-order valence-electron chi connectivity index (χ2n) is 2.99. The first-order valence-electron chi connectivity index (χ1n) is 4.54. The molecule has 3 rings (SSSR count). The third-order valence-electron chi connectivity index (χ3n) is 2.02. The molecule has 1 aliphatic heterocycles. The minimum atomic E-state index is 0.756. The van der Waals surface area contributed by atoms with Gasteiger partial charge in [-0.05, 0) is 11.8 Å². The minimum Gasteiger partial charge on any atom is -0.363 e. The van der Waals surface area contributed by atoms with Gasteiger partial charge in [-0.3, -0.25) is 4.99 Å². The molecule has 15 heavy (non-hydrogen) atoms. The van der Waals surface area contributed by atoms with E-state index in [-0.39, 0.29) is 0 Å². The van der Waals surface area contributed by atoms with Crippen molar-refractivity contribution in [2.45, 2.75) is 5.03 Å². The summed E-state index contributed by atoms with van der Waals surface area (Å²) in [6.07, 6.45) is 3.14. The molecule has 0 radical (unpaired) electrons. The standard InChI is InChI=1S/C8H8N6S/c1-2-10-8(9-1)15-7-5-6(12-3-11-5)13-4-14-7/h3-4H,1-2H2,(H,9,10)(H,11,12,13,14). The molecule has 0 unspecified atom stereocenters. The Hall–Kier alpha value is -1.63. The maximum Gasteiger partial charge on any atom is 0.163 e. The van der Waals surface area contributed by atoms with Gasteiger partial charge in [0.2, 0.25) is 0 Å². The topological polar surface area (TPSA) is 78.9 Å². The number of H-pyrrole nitrogens is 1. The van der Waals surface area contributed by atoms with Crippen LogP contribution in [0, 0.1) is 0 Å². The first-order chi connectivity index (χ1) is 7.43. The number of hydrogen-bond donors (Lipinski definition) is 2. The summed E-state index contributed by atoms with van der Waals surface area (Å²) in [6.45, 7) is 1.73. The van der Waals surface area contributed by atoms with Crippen molar-refractivity contribution in [3.63, 3.8) is 0 Å². The van der Waals surface area contributed by atoms with Crippen LogP contribution in [0.2, 0.25) is 0 Å². The SMILES string of the molecule is c1nc(SC2=NCCN2)c2nc[nH]c2n1. The molecule has 2 aromatic heterocycles. The Morgan fingerprint density at radius 2 is 2.27 bits per heavy atom. The number of aromatic amines is 1. The van der Waals surface area contributed by atoms with E-state index in [2.05, 4.69) is 30.2 Å². The largest absolute Gasteiger partial charge is 0.363 e. The Bertz CT molecular complexity index is 519. The van der Waals surface area contributed by atoms with Crippen LogP contribution in [-0.4, -0.2) is 38.2 Å². The Labute approximate surface area is 89.6 Å². The monoisotopic (exact) mass is 220 g/mol. The summed E-state index contributed by atoms with van der Waals surface area (Å²) in [6, 6.07) is 0. The number of hydrogen-bond acceptors (Lipinski definition) is 6. The molecular formula is C8H8N6S. The van der Waals surface area contributed by atoms with E-state index < -0.39 is 0 Å². The first kappa shape index (κ1) is 8.66. The molecule has 0 aromatic carbocycles. The molecule has 0 aliphatic carbocycles. The van der Waals surface area contributed by atoms with Crippen LogP contribution in [0.15, 0.2) is 22.7 Å². The fourth-order valence-corrected chi connectivity index (χ4v) is 2.21. The van der Waals surface area contributed by atoms with Crippen LogP contribution in [0.1, 0.15) is 0 Å². The number of rotatable bonds is 1. The zero-order valence-electron chi connectivity index (χ0n) is 7.77. The number of aliphatic imine (C=N–C) groups is 1. The second kappa shape index (κ2) is 3.50. The summed E-state index contributed by atoms with van der Waals surface area (Å²) in [5.74, 6) is 0. The van der Waals surface area contributed by atoms with E-state index in [4.69, 9.17) is 0 Å². The van der Waals surface area contributed by atoms with Crippen molar-refractivity contribution in [2.24, 2.45) is 4.99 Å². The van der Waals surface area contributed by atoms with Crippen LogP contribution < -0.4 is 5.32 Å². The van der Waals surface area contributed by atoms with Crippen molar-refractivity contribution < 1.29 is 0 Å². The molecule has 0 saturated carbocycles. The highest BCUT2D eigenvalue weighted by molar-refractivity contribution is 8.14. The first-order valence-corrected chi connectivity index (χ1v) is 5.35. The highest BCUT2D eigenvalue weighted by atomic mass is 32.2. The lowest BCUT2D eigenvalue weighted by atomic mass is 10.6. The van der Waals surface area contributed by atoms with E-state index in [1.54, 1.807) is 6.33 Å². The van der Waals surface area contributed by atoms with Gasteiger partial charge in [-0.25, -0.2) is 15.0 Å². The van der Waals surface area contributed by atoms with E-state index in [9.17, 15) is 0 Å². The fraction of sp³-hybridized carbons (Fsp3) is 0.250. The van der Waals surface area contributed by atoms with Gasteiger partial charge in [-0.2, -0.15) is 0 Å². The van der Waals surface area contributed by atoms with Crippen LogP contribution >= 0.6 is 11.8 Å². The van der Waals surface area contributed by atoms with Gasteiger partial charge < -0.3 is 10.3 Å². The molecule has 6 nitrogen and oxygen atoms in total. The molecule has 2 N–H and O–H groups in total. The number of imidazole rings is 1. The summed E-state index contributed by atoms with van der Waals surface area (Å²) >= 11 is 1.49. The van der Waals surface area contributed by atoms with Gasteiger partial charge in [0.1, 0.15) is 16.9 Å². The van der Waals surface area contributed by atoms with Crippen LogP contribution in [0.3, 0.4) is 0 Å². The van der Waals surface area contributed by atoms with Gasteiger partial charge in [-0.15, -0.1) is 0 Å². The molecule has 3 heterocycles.